The van der Waals surface area contributed by atoms with Gasteiger partial charge in [0.15, 0.2) is 0 Å². The van der Waals surface area contributed by atoms with Gasteiger partial charge in [0.25, 0.3) is 0 Å². The second-order valence-electron chi connectivity index (χ2n) is 3.71. The predicted octanol–water partition coefficient (Wildman–Crippen LogP) is 1.88. The zero-order chi connectivity index (χ0) is 9.68. The lowest BCUT2D eigenvalue weighted by Crippen LogP contribution is -2.43. The number of carbonyl (C=O) groups is 1. The van der Waals surface area contributed by atoms with Gasteiger partial charge in [0.1, 0.15) is 0 Å². The molecule has 1 fully saturated rings. The van der Waals surface area contributed by atoms with Crippen LogP contribution >= 0.6 is 0 Å². The van der Waals surface area contributed by atoms with E-state index in [0.29, 0.717) is 18.5 Å². The average molecular weight is 184 g/mol. The molecule has 1 aliphatic rings. The predicted molar refractivity (Wildman–Crippen MR) is 53.6 cm³/mol. The van der Waals surface area contributed by atoms with Crippen molar-refractivity contribution in [2.75, 3.05) is 6.54 Å². The van der Waals surface area contributed by atoms with Gasteiger partial charge in [-0.1, -0.05) is 19.8 Å². The molecule has 3 nitrogen and oxygen atoms in total. The minimum absolute atomic E-state index is 0.00662. The van der Waals surface area contributed by atoms with E-state index in [9.17, 15) is 4.79 Å². The summed E-state index contributed by atoms with van der Waals surface area (Å²) in [6.07, 6.45) is 4.86. The van der Waals surface area contributed by atoms with Crippen LogP contribution in [0.4, 0.5) is 4.79 Å². The Labute approximate surface area is 80.3 Å². The third-order valence-electron chi connectivity index (χ3n) is 2.84. The van der Waals surface area contributed by atoms with Crippen molar-refractivity contribution in [3.63, 3.8) is 0 Å². The summed E-state index contributed by atoms with van der Waals surface area (Å²) < 4.78 is 0. The maximum atomic E-state index is 11.2. The van der Waals surface area contributed by atoms with Gasteiger partial charge in [0, 0.05) is 12.6 Å². The molecule has 2 unspecified atom stereocenters. The van der Waals surface area contributed by atoms with Crippen molar-refractivity contribution in [3.8, 4) is 0 Å². The van der Waals surface area contributed by atoms with Gasteiger partial charge in [0.05, 0.1) is 0 Å². The number of nitrogens with one attached hydrogen (secondary N) is 2. The van der Waals surface area contributed by atoms with Crippen LogP contribution < -0.4 is 10.6 Å². The molecule has 3 heteroatoms. The lowest BCUT2D eigenvalue weighted by atomic mass is 10.0. The van der Waals surface area contributed by atoms with E-state index in [1.54, 1.807) is 0 Å². The molecule has 1 saturated carbocycles. The van der Waals surface area contributed by atoms with Crippen LogP contribution in [0, 0.1) is 5.92 Å². The first kappa shape index (κ1) is 10.4. The van der Waals surface area contributed by atoms with Crippen LogP contribution in [0.1, 0.15) is 39.5 Å². The second kappa shape index (κ2) is 5.10. The van der Waals surface area contributed by atoms with E-state index in [0.717, 1.165) is 6.42 Å². The Balaban J connectivity index is 2.30. The maximum absolute atomic E-state index is 11.2. The van der Waals surface area contributed by atoms with Crippen molar-refractivity contribution >= 4 is 6.03 Å². The topological polar surface area (TPSA) is 41.1 Å². The molecule has 0 saturated heterocycles. The standard InChI is InChI=1S/C10H20N2O/c1-3-8-6-5-7-9(8)12-10(13)11-4-2/h8-9H,3-7H2,1-2H3,(H2,11,12,13). The molecule has 2 amide bonds. The minimum atomic E-state index is -0.00662. The monoisotopic (exact) mass is 184 g/mol. The van der Waals surface area contributed by atoms with Gasteiger partial charge in [-0.25, -0.2) is 4.79 Å². The zero-order valence-corrected chi connectivity index (χ0v) is 8.60. The van der Waals surface area contributed by atoms with Crippen LogP contribution in [0.3, 0.4) is 0 Å². The summed E-state index contributed by atoms with van der Waals surface area (Å²) in [7, 11) is 0. The Hall–Kier alpha value is -0.730. The van der Waals surface area contributed by atoms with Crippen LogP contribution in [0.2, 0.25) is 0 Å². The third-order valence-corrected chi connectivity index (χ3v) is 2.84. The van der Waals surface area contributed by atoms with Gasteiger partial charge in [-0.15, -0.1) is 0 Å². The minimum Gasteiger partial charge on any atom is -0.338 e. The van der Waals surface area contributed by atoms with Crippen LogP contribution in [0.15, 0.2) is 0 Å². The normalized spacial score (nSPS) is 27.2. The first-order valence-corrected chi connectivity index (χ1v) is 5.32. The van der Waals surface area contributed by atoms with Crippen molar-refractivity contribution < 1.29 is 4.79 Å². The molecule has 0 radical (unpaired) electrons. The zero-order valence-electron chi connectivity index (χ0n) is 8.60. The average Bonchev–Trinajstić information content (AvgIpc) is 2.52. The Morgan fingerprint density at radius 1 is 1.38 bits per heavy atom. The molecule has 2 N–H and O–H groups in total. The fraction of sp³-hybridized carbons (Fsp3) is 0.900. The van der Waals surface area contributed by atoms with E-state index >= 15 is 0 Å². The SMILES string of the molecule is CCNC(=O)NC1CCCC1CC. The highest BCUT2D eigenvalue weighted by Gasteiger charge is 2.26. The van der Waals surface area contributed by atoms with Gasteiger partial charge < -0.3 is 10.6 Å². The second-order valence-corrected chi connectivity index (χ2v) is 3.71. The van der Waals surface area contributed by atoms with Crippen molar-refractivity contribution in [1.82, 2.24) is 10.6 Å². The first-order chi connectivity index (χ1) is 6.27. The molecule has 2 atom stereocenters. The highest BCUT2D eigenvalue weighted by molar-refractivity contribution is 5.74. The van der Waals surface area contributed by atoms with Gasteiger partial charge in [-0.3, -0.25) is 0 Å². The number of rotatable bonds is 3. The molecule has 1 rings (SSSR count). The Morgan fingerprint density at radius 2 is 2.15 bits per heavy atom. The highest BCUT2D eigenvalue weighted by atomic mass is 16.2. The molecular formula is C10H20N2O. The summed E-state index contributed by atoms with van der Waals surface area (Å²) in [4.78, 5) is 11.2. The lowest BCUT2D eigenvalue weighted by molar-refractivity contribution is 0.233. The van der Waals surface area contributed by atoms with Gasteiger partial charge in [0.2, 0.25) is 0 Å². The maximum Gasteiger partial charge on any atom is 0.315 e. The van der Waals surface area contributed by atoms with E-state index in [1.807, 2.05) is 6.92 Å². The molecule has 0 spiro atoms. The van der Waals surface area contributed by atoms with Crippen molar-refractivity contribution in [3.05, 3.63) is 0 Å². The molecule has 0 aliphatic heterocycles. The van der Waals surface area contributed by atoms with Crippen molar-refractivity contribution in [2.45, 2.75) is 45.6 Å². The molecule has 0 aromatic rings. The summed E-state index contributed by atoms with van der Waals surface area (Å²) in [5.41, 5.74) is 0. The highest BCUT2D eigenvalue weighted by Crippen LogP contribution is 2.27. The lowest BCUT2D eigenvalue weighted by Gasteiger charge is -2.19. The largest absolute Gasteiger partial charge is 0.338 e. The van der Waals surface area contributed by atoms with Crippen LogP contribution in [-0.2, 0) is 0 Å². The molecule has 0 bridgehead atoms. The number of carbonyl (C=O) groups excluding carboxylic acids is 1. The molecule has 13 heavy (non-hydrogen) atoms. The summed E-state index contributed by atoms with van der Waals surface area (Å²) >= 11 is 0. The third kappa shape index (κ3) is 2.90. The smallest absolute Gasteiger partial charge is 0.315 e. The Bertz CT molecular complexity index is 170. The molecular weight excluding hydrogens is 164 g/mol. The fourth-order valence-corrected chi connectivity index (χ4v) is 2.10. The number of urea groups is 1. The van der Waals surface area contributed by atoms with E-state index in [1.165, 1.54) is 19.3 Å². The summed E-state index contributed by atoms with van der Waals surface area (Å²) in [5, 5.41) is 5.80. The first-order valence-electron chi connectivity index (χ1n) is 5.32. The number of amides is 2. The van der Waals surface area contributed by atoms with E-state index in [4.69, 9.17) is 0 Å². The fourth-order valence-electron chi connectivity index (χ4n) is 2.10. The van der Waals surface area contributed by atoms with Crippen LogP contribution in [0.25, 0.3) is 0 Å². The van der Waals surface area contributed by atoms with Gasteiger partial charge in [-0.2, -0.15) is 0 Å². The quantitative estimate of drug-likeness (QED) is 0.691. The molecule has 1 aliphatic carbocycles. The number of hydrogen-bond acceptors (Lipinski definition) is 1. The van der Waals surface area contributed by atoms with E-state index in [-0.39, 0.29) is 6.03 Å². The van der Waals surface area contributed by atoms with E-state index < -0.39 is 0 Å². The summed E-state index contributed by atoms with van der Waals surface area (Å²) in [6.45, 7) is 4.84. The molecule has 0 aromatic carbocycles. The molecule has 0 aromatic heterocycles. The van der Waals surface area contributed by atoms with Crippen LogP contribution in [0.5, 0.6) is 0 Å². The Morgan fingerprint density at radius 3 is 2.77 bits per heavy atom. The van der Waals surface area contributed by atoms with E-state index in [2.05, 4.69) is 17.6 Å². The molecule has 76 valence electrons. The number of hydrogen-bond donors (Lipinski definition) is 2. The summed E-state index contributed by atoms with van der Waals surface area (Å²) in [6, 6.07) is 0.407. The van der Waals surface area contributed by atoms with Crippen molar-refractivity contribution in [1.29, 1.82) is 0 Å². The van der Waals surface area contributed by atoms with Gasteiger partial charge >= 0.3 is 6.03 Å². The molecule has 0 heterocycles. The summed E-state index contributed by atoms with van der Waals surface area (Å²) in [5.74, 6) is 0.697. The Kier molecular flexibility index (Phi) is 4.06. The van der Waals surface area contributed by atoms with Gasteiger partial charge in [-0.05, 0) is 25.7 Å². The van der Waals surface area contributed by atoms with Crippen LogP contribution in [-0.4, -0.2) is 18.6 Å². The van der Waals surface area contributed by atoms with Crippen molar-refractivity contribution in [2.24, 2.45) is 5.92 Å².